The Morgan fingerprint density at radius 3 is 3.00 bits per heavy atom. The van der Waals surface area contributed by atoms with Gasteiger partial charge in [-0.05, 0) is 34.3 Å². The van der Waals surface area contributed by atoms with Crippen LogP contribution in [-0.4, -0.2) is 0 Å². The van der Waals surface area contributed by atoms with Gasteiger partial charge in [-0.3, -0.25) is 0 Å². The second kappa shape index (κ2) is 3.25. The minimum Gasteiger partial charge on any atom is -0.152 e. The van der Waals surface area contributed by atoms with Crippen LogP contribution >= 0.6 is 11.3 Å². The lowest BCUT2D eigenvalue weighted by Crippen LogP contribution is -1.76. The van der Waals surface area contributed by atoms with E-state index in [0.717, 1.165) is 5.56 Å². The van der Waals surface area contributed by atoms with Gasteiger partial charge in [0, 0.05) is 4.91 Å². The Morgan fingerprint density at radius 2 is 2.50 bits per heavy atom. The molecule has 0 aliphatic heterocycles. The number of rotatable bonds is 2. The Labute approximate surface area is 62.9 Å². The zero-order valence-electron chi connectivity index (χ0n) is 5.61. The Bertz CT molecular complexity index is 260. The SMILES string of the molecule is Cc1cscc1CN=[N+]=[N-]. The van der Waals surface area contributed by atoms with Crippen LogP contribution in [0.1, 0.15) is 11.1 Å². The number of hydrogen-bond donors (Lipinski definition) is 0. The molecule has 0 aliphatic carbocycles. The highest BCUT2D eigenvalue weighted by Gasteiger charge is 1.94. The predicted molar refractivity (Wildman–Crippen MR) is 41.9 cm³/mol. The molecular weight excluding hydrogens is 146 g/mol. The molecule has 0 radical (unpaired) electrons. The van der Waals surface area contributed by atoms with Gasteiger partial charge in [0.1, 0.15) is 0 Å². The smallest absolute Gasteiger partial charge is 0.0521 e. The highest BCUT2D eigenvalue weighted by Crippen LogP contribution is 2.14. The summed E-state index contributed by atoms with van der Waals surface area (Å²) in [6, 6.07) is 0. The molecule has 52 valence electrons. The second-order valence-electron chi connectivity index (χ2n) is 1.97. The first-order valence-electron chi connectivity index (χ1n) is 2.87. The molecule has 1 heterocycles. The molecule has 4 heteroatoms. The van der Waals surface area contributed by atoms with Crippen molar-refractivity contribution in [1.29, 1.82) is 0 Å². The van der Waals surface area contributed by atoms with Crippen molar-refractivity contribution in [2.24, 2.45) is 5.11 Å². The molecule has 0 spiro atoms. The molecule has 1 aromatic heterocycles. The molecule has 10 heavy (non-hydrogen) atoms. The van der Waals surface area contributed by atoms with E-state index >= 15 is 0 Å². The number of aryl methyl sites for hydroxylation is 1. The summed E-state index contributed by atoms with van der Waals surface area (Å²) in [6.45, 7) is 2.49. The fourth-order valence-corrected chi connectivity index (χ4v) is 1.50. The highest BCUT2D eigenvalue weighted by atomic mass is 32.1. The van der Waals surface area contributed by atoms with Gasteiger partial charge in [0.2, 0.25) is 0 Å². The van der Waals surface area contributed by atoms with Crippen LogP contribution in [0.5, 0.6) is 0 Å². The quantitative estimate of drug-likeness (QED) is 0.356. The van der Waals surface area contributed by atoms with E-state index in [9.17, 15) is 0 Å². The average molecular weight is 153 g/mol. The molecule has 1 rings (SSSR count). The van der Waals surface area contributed by atoms with Crippen molar-refractivity contribution in [3.05, 3.63) is 32.3 Å². The third kappa shape index (κ3) is 1.50. The molecule has 0 fully saturated rings. The van der Waals surface area contributed by atoms with Crippen molar-refractivity contribution in [3.8, 4) is 0 Å². The third-order valence-corrected chi connectivity index (χ3v) is 2.18. The first-order chi connectivity index (χ1) is 4.84. The van der Waals surface area contributed by atoms with Gasteiger partial charge in [0.05, 0.1) is 6.54 Å². The second-order valence-corrected chi connectivity index (χ2v) is 2.71. The monoisotopic (exact) mass is 153 g/mol. The minimum atomic E-state index is 0.478. The summed E-state index contributed by atoms with van der Waals surface area (Å²) in [7, 11) is 0. The Morgan fingerprint density at radius 1 is 1.70 bits per heavy atom. The zero-order valence-corrected chi connectivity index (χ0v) is 6.43. The molecule has 1 aromatic rings. The molecule has 0 saturated heterocycles. The van der Waals surface area contributed by atoms with E-state index in [4.69, 9.17) is 5.53 Å². The fourth-order valence-electron chi connectivity index (χ4n) is 0.657. The third-order valence-electron chi connectivity index (χ3n) is 1.27. The Balaban J connectivity index is 2.74. The average Bonchev–Trinajstić information content (AvgIpc) is 2.31. The number of azide groups is 1. The largest absolute Gasteiger partial charge is 0.152 e. The molecular formula is C6H7N3S. The van der Waals surface area contributed by atoms with Crippen LogP contribution in [0.15, 0.2) is 15.9 Å². The fraction of sp³-hybridized carbons (Fsp3) is 0.333. The lowest BCUT2D eigenvalue weighted by molar-refractivity contribution is 1.04. The maximum absolute atomic E-state index is 8.02. The van der Waals surface area contributed by atoms with Gasteiger partial charge in [0.25, 0.3) is 0 Å². The van der Waals surface area contributed by atoms with Crippen LogP contribution in [0.2, 0.25) is 0 Å². The molecule has 3 nitrogen and oxygen atoms in total. The van der Waals surface area contributed by atoms with Crippen molar-refractivity contribution in [3.63, 3.8) is 0 Å². The zero-order chi connectivity index (χ0) is 7.40. The van der Waals surface area contributed by atoms with Gasteiger partial charge in [0.15, 0.2) is 0 Å². The van der Waals surface area contributed by atoms with E-state index in [2.05, 4.69) is 10.0 Å². The molecule has 0 saturated carbocycles. The lowest BCUT2D eigenvalue weighted by Gasteiger charge is -1.88. The standard InChI is InChI=1S/C6H7N3S/c1-5-3-10-4-6(5)2-8-9-7/h3-4H,2H2,1H3. The Hall–Kier alpha value is -0.990. The van der Waals surface area contributed by atoms with E-state index in [1.54, 1.807) is 11.3 Å². The molecule has 0 aromatic carbocycles. The van der Waals surface area contributed by atoms with E-state index in [0.29, 0.717) is 6.54 Å². The van der Waals surface area contributed by atoms with E-state index in [1.165, 1.54) is 5.56 Å². The van der Waals surface area contributed by atoms with Crippen LogP contribution in [0, 0.1) is 6.92 Å². The first kappa shape index (κ1) is 7.12. The first-order valence-corrected chi connectivity index (χ1v) is 3.81. The molecule has 0 amide bonds. The summed E-state index contributed by atoms with van der Waals surface area (Å²) < 4.78 is 0. The maximum atomic E-state index is 8.02. The van der Waals surface area contributed by atoms with Gasteiger partial charge in [-0.2, -0.15) is 11.3 Å². The minimum absolute atomic E-state index is 0.478. The van der Waals surface area contributed by atoms with Gasteiger partial charge in [-0.15, -0.1) is 0 Å². The van der Waals surface area contributed by atoms with Gasteiger partial charge >= 0.3 is 0 Å². The van der Waals surface area contributed by atoms with Gasteiger partial charge in [-0.1, -0.05) is 5.11 Å². The normalized spacial score (nSPS) is 8.90. The highest BCUT2D eigenvalue weighted by molar-refractivity contribution is 7.08. The summed E-state index contributed by atoms with van der Waals surface area (Å²) >= 11 is 1.63. The van der Waals surface area contributed by atoms with Crippen LogP contribution in [0.4, 0.5) is 0 Å². The summed E-state index contributed by atoms with van der Waals surface area (Å²) in [6.07, 6.45) is 0. The summed E-state index contributed by atoms with van der Waals surface area (Å²) in [5, 5.41) is 7.51. The van der Waals surface area contributed by atoms with Gasteiger partial charge < -0.3 is 0 Å². The number of nitrogens with zero attached hydrogens (tertiary/aromatic N) is 3. The van der Waals surface area contributed by atoms with Crippen molar-refractivity contribution in [2.75, 3.05) is 0 Å². The molecule has 0 aliphatic rings. The maximum Gasteiger partial charge on any atom is 0.0521 e. The molecule has 0 N–H and O–H groups in total. The van der Waals surface area contributed by atoms with E-state index in [1.807, 2.05) is 17.7 Å². The number of hydrogen-bond acceptors (Lipinski definition) is 2. The van der Waals surface area contributed by atoms with Crippen molar-refractivity contribution >= 4 is 11.3 Å². The van der Waals surface area contributed by atoms with Crippen LogP contribution < -0.4 is 0 Å². The lowest BCUT2D eigenvalue weighted by atomic mass is 10.2. The summed E-state index contributed by atoms with van der Waals surface area (Å²) in [5.74, 6) is 0. The van der Waals surface area contributed by atoms with Crippen molar-refractivity contribution in [1.82, 2.24) is 0 Å². The van der Waals surface area contributed by atoms with Gasteiger partial charge in [-0.25, -0.2) is 0 Å². The van der Waals surface area contributed by atoms with Crippen molar-refractivity contribution < 1.29 is 0 Å². The summed E-state index contributed by atoms with van der Waals surface area (Å²) in [5.41, 5.74) is 10.4. The molecule has 0 atom stereocenters. The molecule has 0 bridgehead atoms. The van der Waals surface area contributed by atoms with Crippen LogP contribution in [0.25, 0.3) is 10.4 Å². The van der Waals surface area contributed by atoms with E-state index < -0.39 is 0 Å². The van der Waals surface area contributed by atoms with Crippen LogP contribution in [0.3, 0.4) is 0 Å². The van der Waals surface area contributed by atoms with Crippen molar-refractivity contribution in [2.45, 2.75) is 13.5 Å². The summed E-state index contributed by atoms with van der Waals surface area (Å²) in [4.78, 5) is 2.68. The van der Waals surface area contributed by atoms with E-state index in [-0.39, 0.29) is 0 Å². The number of thiophene rings is 1. The topological polar surface area (TPSA) is 48.8 Å². The predicted octanol–water partition coefficient (Wildman–Crippen LogP) is 2.87. The molecule has 0 unspecified atom stereocenters. The Kier molecular flexibility index (Phi) is 2.31. The van der Waals surface area contributed by atoms with Crippen LogP contribution in [-0.2, 0) is 6.54 Å².